The molecule has 3 aliphatic rings. The van der Waals surface area contributed by atoms with Crippen LogP contribution in [0.1, 0.15) is 51.0 Å². The Morgan fingerprint density at radius 1 is 1.23 bits per heavy atom. The summed E-state index contributed by atoms with van der Waals surface area (Å²) in [6.07, 6.45) is 4.40. The number of hydrogen-bond acceptors (Lipinski definition) is 6. The molecule has 188 valence electrons. The zero-order valence-electron chi connectivity index (χ0n) is 19.9. The maximum Gasteiger partial charge on any atom is 0.416 e. The van der Waals surface area contributed by atoms with Crippen LogP contribution in [0.5, 0.6) is 0 Å². The van der Waals surface area contributed by atoms with Crippen molar-refractivity contribution in [2.24, 2.45) is 23.5 Å². The van der Waals surface area contributed by atoms with Crippen molar-refractivity contribution in [2.45, 2.75) is 62.8 Å². The van der Waals surface area contributed by atoms with E-state index in [2.05, 4.69) is 33.7 Å². The molecule has 2 aliphatic heterocycles. The van der Waals surface area contributed by atoms with Gasteiger partial charge in [0, 0.05) is 24.4 Å². The Bertz CT molecular complexity index is 1130. The molecule has 0 radical (unpaired) electrons. The molecule has 0 bridgehead atoms. The number of rotatable bonds is 6. The quantitative estimate of drug-likeness (QED) is 0.396. The molecule has 0 saturated carbocycles. The number of benzene rings is 1. The standard InChI is InChI=1S/C25H30F3N5OS/c1-16-24-12-13-29-20(15-19(24)5-3-7-21(24)34-32-16)6-4-14-35-23-31-30-22(33(23)2)17-8-10-18(11-9-17)25(26,27)28/h7-11,19-20,29H,3-6,12-15H2,1-2H3. The van der Waals surface area contributed by atoms with Gasteiger partial charge in [0.25, 0.3) is 0 Å². The molecule has 1 spiro atoms. The first-order valence-electron chi connectivity index (χ1n) is 12.1. The van der Waals surface area contributed by atoms with Crippen LogP contribution in [0.25, 0.3) is 11.4 Å². The van der Waals surface area contributed by atoms with E-state index in [1.165, 1.54) is 18.6 Å². The van der Waals surface area contributed by atoms with Crippen molar-refractivity contribution in [1.29, 1.82) is 0 Å². The van der Waals surface area contributed by atoms with Crippen LogP contribution in [-0.2, 0) is 18.1 Å². The summed E-state index contributed by atoms with van der Waals surface area (Å²) in [6, 6.07) is 5.52. The van der Waals surface area contributed by atoms with Gasteiger partial charge in [-0.2, -0.15) is 13.2 Å². The van der Waals surface area contributed by atoms with E-state index in [1.807, 2.05) is 11.6 Å². The predicted molar refractivity (Wildman–Crippen MR) is 130 cm³/mol. The average molecular weight is 506 g/mol. The lowest BCUT2D eigenvalue weighted by Gasteiger charge is -2.38. The van der Waals surface area contributed by atoms with E-state index in [4.69, 9.17) is 4.84 Å². The van der Waals surface area contributed by atoms with E-state index >= 15 is 0 Å². The molecule has 2 aromatic rings. The minimum atomic E-state index is -4.35. The Balaban J connectivity index is 1.15. The molecule has 1 N–H and O–H groups in total. The number of alkyl halides is 3. The largest absolute Gasteiger partial charge is 0.416 e. The number of oxime groups is 1. The second kappa shape index (κ2) is 9.61. The van der Waals surface area contributed by atoms with Crippen molar-refractivity contribution in [1.82, 2.24) is 20.1 Å². The van der Waals surface area contributed by atoms with Gasteiger partial charge in [0.1, 0.15) is 5.76 Å². The Morgan fingerprint density at radius 2 is 2.03 bits per heavy atom. The summed E-state index contributed by atoms with van der Waals surface area (Å²) in [6.45, 7) is 3.07. The normalized spacial score (nSPS) is 26.3. The molecule has 3 unspecified atom stereocenters. The van der Waals surface area contributed by atoms with Crippen LogP contribution in [-0.4, -0.2) is 38.8 Å². The third kappa shape index (κ3) is 4.62. The van der Waals surface area contributed by atoms with Crippen LogP contribution >= 0.6 is 11.8 Å². The Morgan fingerprint density at radius 3 is 2.80 bits per heavy atom. The fourth-order valence-corrected chi connectivity index (χ4v) is 6.65. The van der Waals surface area contributed by atoms with Crippen LogP contribution in [0.4, 0.5) is 13.2 Å². The maximum atomic E-state index is 12.8. The van der Waals surface area contributed by atoms with Gasteiger partial charge in [-0.15, -0.1) is 10.2 Å². The van der Waals surface area contributed by atoms with E-state index in [0.717, 1.165) is 73.2 Å². The zero-order valence-corrected chi connectivity index (χ0v) is 20.8. The number of nitrogens with one attached hydrogen (secondary N) is 1. The number of hydrogen-bond donors (Lipinski definition) is 1. The minimum absolute atomic E-state index is 0.0118. The SMILES string of the molecule is CC1=NOC2=CCCC3CC(CCCSc4nnc(-c5ccc(C(F)(F)F)cc5)n4C)NCCC213. The second-order valence-corrected chi connectivity index (χ2v) is 10.7. The van der Waals surface area contributed by atoms with Gasteiger partial charge in [0.2, 0.25) is 0 Å². The van der Waals surface area contributed by atoms with Crippen molar-refractivity contribution >= 4 is 17.5 Å². The number of nitrogens with zero attached hydrogens (tertiary/aromatic N) is 4. The molecule has 1 aromatic carbocycles. The van der Waals surface area contributed by atoms with Crippen molar-refractivity contribution in [3.8, 4) is 11.4 Å². The molecular weight excluding hydrogens is 475 g/mol. The van der Waals surface area contributed by atoms with Crippen LogP contribution in [0.3, 0.4) is 0 Å². The van der Waals surface area contributed by atoms with Crippen LogP contribution in [0.15, 0.2) is 46.4 Å². The maximum absolute atomic E-state index is 12.8. The first-order valence-corrected chi connectivity index (χ1v) is 13.1. The van der Waals surface area contributed by atoms with Gasteiger partial charge in [0.15, 0.2) is 11.0 Å². The highest BCUT2D eigenvalue weighted by atomic mass is 32.2. The fraction of sp³-hybridized carbons (Fsp3) is 0.560. The molecular formula is C25H30F3N5OS. The third-order valence-corrected chi connectivity index (χ3v) is 8.77. The molecule has 35 heavy (non-hydrogen) atoms. The summed E-state index contributed by atoms with van der Waals surface area (Å²) in [7, 11) is 1.85. The van der Waals surface area contributed by atoms with Crippen molar-refractivity contribution < 1.29 is 18.0 Å². The summed E-state index contributed by atoms with van der Waals surface area (Å²) in [4.78, 5) is 5.69. The van der Waals surface area contributed by atoms with Gasteiger partial charge in [0.05, 0.1) is 16.7 Å². The molecule has 5 rings (SSSR count). The highest BCUT2D eigenvalue weighted by Crippen LogP contribution is 2.52. The smallest absolute Gasteiger partial charge is 0.361 e. The third-order valence-electron chi connectivity index (χ3n) is 7.66. The van der Waals surface area contributed by atoms with Gasteiger partial charge in [-0.1, -0.05) is 29.1 Å². The molecule has 1 aliphatic carbocycles. The topological polar surface area (TPSA) is 64.3 Å². The van der Waals surface area contributed by atoms with E-state index in [1.54, 1.807) is 11.8 Å². The summed E-state index contributed by atoms with van der Waals surface area (Å²) < 4.78 is 40.4. The van der Waals surface area contributed by atoms with Crippen LogP contribution in [0, 0.1) is 11.3 Å². The predicted octanol–water partition coefficient (Wildman–Crippen LogP) is 5.81. The Hall–Kier alpha value is -2.33. The Kier molecular flexibility index (Phi) is 6.69. The number of allylic oxidation sites excluding steroid dienone is 2. The highest BCUT2D eigenvalue weighted by molar-refractivity contribution is 7.99. The van der Waals surface area contributed by atoms with Gasteiger partial charge >= 0.3 is 6.18 Å². The van der Waals surface area contributed by atoms with Crippen LogP contribution in [0.2, 0.25) is 0 Å². The average Bonchev–Trinajstić information content (AvgIpc) is 3.28. The van der Waals surface area contributed by atoms with E-state index < -0.39 is 11.7 Å². The number of halogens is 3. The van der Waals surface area contributed by atoms with Crippen molar-refractivity contribution in [3.63, 3.8) is 0 Å². The number of thioether (sulfide) groups is 1. The highest BCUT2D eigenvalue weighted by Gasteiger charge is 2.52. The van der Waals surface area contributed by atoms with Crippen LogP contribution < -0.4 is 5.32 Å². The van der Waals surface area contributed by atoms with Gasteiger partial charge in [-0.05, 0) is 76.1 Å². The lowest BCUT2D eigenvalue weighted by molar-refractivity contribution is -0.137. The first-order chi connectivity index (χ1) is 16.8. The lowest BCUT2D eigenvalue weighted by Crippen LogP contribution is -2.39. The van der Waals surface area contributed by atoms with Gasteiger partial charge in [-0.25, -0.2) is 0 Å². The van der Waals surface area contributed by atoms with E-state index in [-0.39, 0.29) is 5.41 Å². The molecule has 3 atom stereocenters. The summed E-state index contributed by atoms with van der Waals surface area (Å²) in [5.41, 5.74) is 1.06. The zero-order chi connectivity index (χ0) is 24.6. The molecule has 10 heteroatoms. The minimum Gasteiger partial charge on any atom is -0.361 e. The monoisotopic (exact) mass is 505 g/mol. The van der Waals surface area contributed by atoms with Gasteiger partial charge < -0.3 is 14.7 Å². The van der Waals surface area contributed by atoms with E-state index in [0.29, 0.717) is 23.3 Å². The number of aromatic nitrogens is 3. The van der Waals surface area contributed by atoms with Gasteiger partial charge in [-0.3, -0.25) is 0 Å². The van der Waals surface area contributed by atoms with Crippen molar-refractivity contribution in [3.05, 3.63) is 41.7 Å². The molecule has 6 nitrogen and oxygen atoms in total. The lowest BCUT2D eigenvalue weighted by atomic mass is 9.63. The fourth-order valence-electron chi connectivity index (χ4n) is 5.78. The molecule has 1 fully saturated rings. The second-order valence-electron chi connectivity index (χ2n) is 9.65. The molecule has 1 saturated heterocycles. The molecule has 3 heterocycles. The Labute approximate surface area is 207 Å². The first kappa shape index (κ1) is 24.4. The van der Waals surface area contributed by atoms with E-state index in [9.17, 15) is 13.2 Å². The summed E-state index contributed by atoms with van der Waals surface area (Å²) in [5, 5.41) is 17.3. The van der Waals surface area contributed by atoms with Crippen molar-refractivity contribution in [2.75, 3.05) is 12.3 Å². The molecule has 1 aromatic heterocycles. The summed E-state index contributed by atoms with van der Waals surface area (Å²) in [5.74, 6) is 3.10. The molecule has 0 amide bonds. The summed E-state index contributed by atoms with van der Waals surface area (Å²) >= 11 is 1.63.